The van der Waals surface area contributed by atoms with Gasteiger partial charge in [-0.05, 0) is 30.3 Å². The molecule has 0 saturated carbocycles. The van der Waals surface area contributed by atoms with Crippen molar-refractivity contribution in [3.63, 3.8) is 0 Å². The number of halogens is 2. The van der Waals surface area contributed by atoms with Gasteiger partial charge in [-0.15, -0.1) is 0 Å². The first-order valence-corrected chi connectivity index (χ1v) is 11.1. The molecule has 1 fully saturated rings. The van der Waals surface area contributed by atoms with Crippen molar-refractivity contribution < 1.29 is 26.9 Å². The van der Waals surface area contributed by atoms with Gasteiger partial charge in [-0.2, -0.15) is 13.1 Å². The maximum absolute atomic E-state index is 12.8. The van der Waals surface area contributed by atoms with Gasteiger partial charge in [-0.1, -0.05) is 23.9 Å². The predicted octanol–water partition coefficient (Wildman–Crippen LogP) is 3.06. The Morgan fingerprint density at radius 2 is 1.63 bits per heavy atom. The van der Waals surface area contributed by atoms with Crippen LogP contribution in [0.2, 0.25) is 0 Å². The molecule has 0 N–H and O–H groups in total. The van der Waals surface area contributed by atoms with Crippen molar-refractivity contribution in [3.8, 4) is 0 Å². The normalized spacial score (nSPS) is 15.4. The zero-order valence-corrected chi connectivity index (χ0v) is 17.1. The zero-order chi connectivity index (χ0) is 21.9. The maximum Gasteiger partial charge on any atom is 0.289 e. The number of alkyl halides is 2. The van der Waals surface area contributed by atoms with E-state index >= 15 is 0 Å². The standard InChI is InChI=1S/C18H17F2N3O5S2/c19-18(20)29-14-7-5-13(6-8-14)17(24)21-9-11-22(12-10-21)30(27,28)16-4-2-1-3-15(16)23(25)26/h1-8,18H,9-12H2. The average molecular weight is 457 g/mol. The van der Waals surface area contributed by atoms with Gasteiger partial charge in [0.05, 0.1) is 4.92 Å². The van der Waals surface area contributed by atoms with Gasteiger partial charge in [-0.25, -0.2) is 8.42 Å². The first-order chi connectivity index (χ1) is 14.2. The molecule has 30 heavy (non-hydrogen) atoms. The molecule has 0 aliphatic carbocycles. The van der Waals surface area contributed by atoms with Crippen LogP contribution >= 0.6 is 11.8 Å². The molecule has 2 aromatic carbocycles. The lowest BCUT2D eigenvalue weighted by Crippen LogP contribution is -2.50. The van der Waals surface area contributed by atoms with Crippen LogP contribution in [0.5, 0.6) is 0 Å². The van der Waals surface area contributed by atoms with Crippen LogP contribution in [0.1, 0.15) is 10.4 Å². The summed E-state index contributed by atoms with van der Waals surface area (Å²) in [4.78, 5) is 24.4. The van der Waals surface area contributed by atoms with E-state index < -0.39 is 26.4 Å². The van der Waals surface area contributed by atoms with E-state index in [4.69, 9.17) is 0 Å². The summed E-state index contributed by atoms with van der Waals surface area (Å²) in [6.45, 7) is 0.178. The highest BCUT2D eigenvalue weighted by atomic mass is 32.2. The Kier molecular flexibility index (Phi) is 6.68. The summed E-state index contributed by atoms with van der Waals surface area (Å²) in [6, 6.07) is 10.9. The van der Waals surface area contributed by atoms with E-state index in [1.807, 2.05) is 0 Å². The Morgan fingerprint density at radius 3 is 2.20 bits per heavy atom. The van der Waals surface area contributed by atoms with Crippen molar-refractivity contribution in [2.45, 2.75) is 15.5 Å². The number of rotatable bonds is 6. The number of hydrogen-bond donors (Lipinski definition) is 0. The number of carbonyl (C=O) groups is 1. The van der Waals surface area contributed by atoms with Gasteiger partial charge in [-0.3, -0.25) is 14.9 Å². The Bertz CT molecular complexity index is 1040. The number of piperazine rings is 1. The number of nitro benzene ring substituents is 1. The summed E-state index contributed by atoms with van der Waals surface area (Å²) in [7, 11) is -4.09. The molecule has 12 heteroatoms. The maximum atomic E-state index is 12.8. The molecule has 0 atom stereocenters. The molecule has 1 saturated heterocycles. The molecule has 0 radical (unpaired) electrons. The van der Waals surface area contributed by atoms with E-state index in [2.05, 4.69) is 0 Å². The molecule has 1 amide bonds. The number of carbonyl (C=O) groups excluding carboxylic acids is 1. The molecule has 1 heterocycles. The number of benzene rings is 2. The smallest absolute Gasteiger partial charge is 0.289 e. The molecule has 2 aromatic rings. The van der Waals surface area contributed by atoms with Crippen molar-refractivity contribution in [1.29, 1.82) is 0 Å². The predicted molar refractivity (Wildman–Crippen MR) is 106 cm³/mol. The molecule has 0 aromatic heterocycles. The summed E-state index contributed by atoms with van der Waals surface area (Å²) < 4.78 is 51.6. The summed E-state index contributed by atoms with van der Waals surface area (Å²) >= 11 is 0.379. The van der Waals surface area contributed by atoms with Crippen LogP contribution in [0.3, 0.4) is 0 Å². The van der Waals surface area contributed by atoms with E-state index in [-0.39, 0.29) is 37.0 Å². The van der Waals surface area contributed by atoms with Crippen molar-refractivity contribution in [2.75, 3.05) is 26.2 Å². The molecule has 160 valence electrons. The Hall–Kier alpha value is -2.57. The SMILES string of the molecule is O=C(c1ccc(SC(F)F)cc1)N1CCN(S(=O)(=O)c2ccccc2[N+](=O)[O-])CC1. The minimum atomic E-state index is -4.09. The van der Waals surface area contributed by atoms with Crippen LogP contribution in [0, 0.1) is 10.1 Å². The van der Waals surface area contributed by atoms with Crippen LogP contribution in [-0.4, -0.2) is 60.4 Å². The van der Waals surface area contributed by atoms with Gasteiger partial charge in [0.2, 0.25) is 10.0 Å². The molecule has 0 bridgehead atoms. The number of sulfonamides is 1. The molecule has 0 spiro atoms. The summed E-state index contributed by atoms with van der Waals surface area (Å²) in [5, 5.41) is 11.2. The van der Waals surface area contributed by atoms with Gasteiger partial charge >= 0.3 is 0 Å². The summed E-state index contributed by atoms with van der Waals surface area (Å²) in [5.74, 6) is -2.90. The minimum absolute atomic E-state index is 0.0144. The van der Waals surface area contributed by atoms with Crippen LogP contribution in [0.25, 0.3) is 0 Å². The number of thioether (sulfide) groups is 1. The number of para-hydroxylation sites is 1. The second-order valence-electron chi connectivity index (χ2n) is 6.32. The van der Waals surface area contributed by atoms with Crippen molar-refractivity contribution in [1.82, 2.24) is 9.21 Å². The molecule has 0 unspecified atom stereocenters. The lowest BCUT2D eigenvalue weighted by Gasteiger charge is -2.34. The lowest BCUT2D eigenvalue weighted by atomic mass is 10.2. The Morgan fingerprint density at radius 1 is 1.03 bits per heavy atom. The third-order valence-electron chi connectivity index (χ3n) is 4.53. The number of amides is 1. The lowest BCUT2D eigenvalue weighted by molar-refractivity contribution is -0.387. The number of nitro groups is 1. The van der Waals surface area contributed by atoms with Gasteiger partial charge in [0.15, 0.2) is 4.90 Å². The topological polar surface area (TPSA) is 101 Å². The molecule has 1 aliphatic heterocycles. The summed E-state index contributed by atoms with van der Waals surface area (Å²) in [5.41, 5.74) is -0.193. The van der Waals surface area contributed by atoms with Crippen LogP contribution < -0.4 is 0 Å². The highest BCUT2D eigenvalue weighted by Crippen LogP contribution is 2.28. The first-order valence-electron chi connectivity index (χ1n) is 8.78. The zero-order valence-electron chi connectivity index (χ0n) is 15.5. The number of hydrogen-bond acceptors (Lipinski definition) is 6. The van der Waals surface area contributed by atoms with E-state index in [9.17, 15) is 32.1 Å². The van der Waals surface area contributed by atoms with E-state index in [0.717, 1.165) is 10.4 Å². The Balaban J connectivity index is 1.68. The summed E-state index contributed by atoms with van der Waals surface area (Å²) in [6.07, 6.45) is 0. The van der Waals surface area contributed by atoms with E-state index in [1.165, 1.54) is 47.4 Å². The molecule has 3 rings (SSSR count). The second-order valence-corrected chi connectivity index (χ2v) is 9.29. The fourth-order valence-electron chi connectivity index (χ4n) is 3.06. The molecular formula is C18H17F2N3O5S2. The number of nitrogens with zero attached hydrogens (tertiary/aromatic N) is 3. The highest BCUT2D eigenvalue weighted by Gasteiger charge is 2.34. The van der Waals surface area contributed by atoms with Crippen LogP contribution in [0.4, 0.5) is 14.5 Å². The van der Waals surface area contributed by atoms with Crippen LogP contribution in [0.15, 0.2) is 58.3 Å². The largest absolute Gasteiger partial charge is 0.336 e. The van der Waals surface area contributed by atoms with Crippen LogP contribution in [-0.2, 0) is 10.0 Å². The van der Waals surface area contributed by atoms with Gasteiger partial charge in [0.25, 0.3) is 17.4 Å². The van der Waals surface area contributed by atoms with Gasteiger partial charge in [0, 0.05) is 42.7 Å². The fraction of sp³-hybridized carbons (Fsp3) is 0.278. The van der Waals surface area contributed by atoms with Gasteiger partial charge < -0.3 is 4.90 Å². The van der Waals surface area contributed by atoms with Gasteiger partial charge in [0.1, 0.15) is 0 Å². The Labute approximate surface area is 175 Å². The third-order valence-corrected chi connectivity index (χ3v) is 7.20. The molecule has 1 aliphatic rings. The highest BCUT2D eigenvalue weighted by molar-refractivity contribution is 7.99. The molecular weight excluding hydrogens is 440 g/mol. The van der Waals surface area contributed by atoms with Crippen molar-refractivity contribution in [2.24, 2.45) is 0 Å². The second kappa shape index (κ2) is 9.06. The van der Waals surface area contributed by atoms with E-state index in [1.54, 1.807) is 0 Å². The van der Waals surface area contributed by atoms with Crippen molar-refractivity contribution >= 4 is 33.4 Å². The fourth-order valence-corrected chi connectivity index (χ4v) is 5.14. The van der Waals surface area contributed by atoms with Crippen molar-refractivity contribution in [3.05, 3.63) is 64.2 Å². The minimum Gasteiger partial charge on any atom is -0.336 e. The first kappa shape index (κ1) is 22.1. The molecule has 8 nitrogen and oxygen atoms in total. The quantitative estimate of drug-likeness (QED) is 0.375. The van der Waals surface area contributed by atoms with E-state index in [0.29, 0.717) is 22.2 Å². The third kappa shape index (κ3) is 4.77. The average Bonchev–Trinajstić information content (AvgIpc) is 2.73. The monoisotopic (exact) mass is 457 g/mol.